The Labute approximate surface area is 300 Å². The van der Waals surface area contributed by atoms with Crippen molar-refractivity contribution in [2.45, 2.75) is 0 Å². The Morgan fingerprint density at radius 3 is 1.44 bits per heavy atom. The molecule has 4 heteroatoms. The summed E-state index contributed by atoms with van der Waals surface area (Å²) >= 11 is 5.69. The van der Waals surface area contributed by atoms with Gasteiger partial charge in [0.05, 0.1) is 0 Å². The third kappa shape index (κ3) is 4.29. The molecule has 0 aliphatic heterocycles. The Bertz CT molecular complexity index is 3090. The molecule has 50 heavy (non-hydrogen) atoms. The maximum atomic E-state index is 2.38. The van der Waals surface area contributed by atoms with E-state index in [9.17, 15) is 0 Å². The standard InChI is InChI=1S/C46H27NS3/c1-2-8-30(9-3-1)47(32-19-21-35-33-10-4-6-12-41(33)48-44(35)27-32)31-17-14-28(15-18-31)29-16-20-36-38-23-25-39-40(46(38)50-43(36)26-29)24-22-37-34-11-5-7-13-42(34)49-45(37)39/h1-27H. The summed E-state index contributed by atoms with van der Waals surface area (Å²) in [6.45, 7) is 0. The molecule has 0 fully saturated rings. The SMILES string of the molecule is c1ccc(N(c2ccc(-c3ccc4c(c3)sc3c4ccc4c3ccc3c5ccccc5sc34)cc2)c2ccc3c(c2)sc2ccccc23)cc1. The average molecular weight is 690 g/mol. The number of hydrogen-bond donors (Lipinski definition) is 0. The first kappa shape index (κ1) is 28.3. The summed E-state index contributed by atoms with van der Waals surface area (Å²) in [4.78, 5) is 2.36. The Hall–Kier alpha value is -5.52. The van der Waals surface area contributed by atoms with Gasteiger partial charge in [-0.05, 0) is 65.7 Å². The van der Waals surface area contributed by atoms with Crippen LogP contribution in [0.4, 0.5) is 17.1 Å². The predicted molar refractivity (Wildman–Crippen MR) is 223 cm³/mol. The minimum Gasteiger partial charge on any atom is -0.310 e. The second-order valence-corrected chi connectivity index (χ2v) is 16.1. The van der Waals surface area contributed by atoms with E-state index in [2.05, 4.69) is 169 Å². The van der Waals surface area contributed by atoms with Gasteiger partial charge in [0.1, 0.15) is 0 Å². The molecule has 0 atom stereocenters. The van der Waals surface area contributed by atoms with Crippen LogP contribution in [0.5, 0.6) is 0 Å². The van der Waals surface area contributed by atoms with Gasteiger partial charge in [-0.25, -0.2) is 0 Å². The van der Waals surface area contributed by atoms with Crippen molar-refractivity contribution in [1.29, 1.82) is 0 Å². The van der Waals surface area contributed by atoms with Gasteiger partial charge in [-0.3, -0.25) is 0 Å². The van der Waals surface area contributed by atoms with E-state index < -0.39 is 0 Å². The van der Waals surface area contributed by atoms with Crippen molar-refractivity contribution < 1.29 is 0 Å². The first-order valence-corrected chi connectivity index (χ1v) is 19.3. The second-order valence-electron chi connectivity index (χ2n) is 12.9. The van der Waals surface area contributed by atoms with E-state index in [0.717, 1.165) is 17.1 Å². The van der Waals surface area contributed by atoms with Crippen molar-refractivity contribution in [2.75, 3.05) is 4.90 Å². The Morgan fingerprint density at radius 2 is 0.720 bits per heavy atom. The second kappa shape index (κ2) is 11.0. The van der Waals surface area contributed by atoms with Gasteiger partial charge in [0.25, 0.3) is 0 Å². The number of fused-ring (bicyclic) bond motifs is 12. The number of nitrogens with zero attached hydrogens (tertiary/aromatic N) is 1. The van der Waals surface area contributed by atoms with Crippen molar-refractivity contribution in [3.8, 4) is 11.1 Å². The predicted octanol–water partition coefficient (Wildman–Crippen LogP) is 15.1. The van der Waals surface area contributed by atoms with Crippen molar-refractivity contribution in [1.82, 2.24) is 0 Å². The van der Waals surface area contributed by atoms with Crippen molar-refractivity contribution >= 4 is 122 Å². The molecule has 0 unspecified atom stereocenters. The lowest BCUT2D eigenvalue weighted by molar-refractivity contribution is 1.29. The summed E-state index contributed by atoms with van der Waals surface area (Å²) in [5.74, 6) is 0. The van der Waals surface area contributed by atoms with Gasteiger partial charge >= 0.3 is 0 Å². The van der Waals surface area contributed by atoms with Crippen LogP contribution in [0.25, 0.3) is 82.4 Å². The van der Waals surface area contributed by atoms with E-state index in [1.165, 1.54) is 82.4 Å². The smallest absolute Gasteiger partial charge is 0.0476 e. The molecule has 3 heterocycles. The van der Waals surface area contributed by atoms with E-state index in [1.807, 2.05) is 34.0 Å². The number of anilines is 3. The van der Waals surface area contributed by atoms with Crippen LogP contribution in [0, 0.1) is 0 Å². The van der Waals surface area contributed by atoms with Crippen molar-refractivity contribution in [2.24, 2.45) is 0 Å². The molecule has 11 rings (SSSR count). The fourth-order valence-corrected chi connectivity index (χ4v) is 11.3. The van der Waals surface area contributed by atoms with Gasteiger partial charge in [-0.2, -0.15) is 0 Å². The van der Waals surface area contributed by atoms with E-state index >= 15 is 0 Å². The van der Waals surface area contributed by atoms with Crippen LogP contribution in [-0.4, -0.2) is 0 Å². The molecule has 3 aromatic heterocycles. The molecule has 0 radical (unpaired) electrons. The van der Waals surface area contributed by atoms with Crippen LogP contribution >= 0.6 is 34.0 Å². The molecule has 1 nitrogen and oxygen atoms in total. The summed E-state index contributed by atoms with van der Waals surface area (Å²) in [7, 11) is 0. The van der Waals surface area contributed by atoms with Crippen LogP contribution in [-0.2, 0) is 0 Å². The Balaban J connectivity index is 0.992. The largest absolute Gasteiger partial charge is 0.310 e. The fraction of sp³-hybridized carbons (Fsp3) is 0. The highest BCUT2D eigenvalue weighted by Crippen LogP contribution is 2.45. The lowest BCUT2D eigenvalue weighted by atomic mass is 10.0. The highest BCUT2D eigenvalue weighted by Gasteiger charge is 2.16. The van der Waals surface area contributed by atoms with Crippen LogP contribution in [0.2, 0.25) is 0 Å². The molecule has 0 saturated heterocycles. The van der Waals surface area contributed by atoms with Gasteiger partial charge in [-0.1, -0.05) is 109 Å². The highest BCUT2D eigenvalue weighted by molar-refractivity contribution is 7.28. The van der Waals surface area contributed by atoms with Crippen molar-refractivity contribution in [3.63, 3.8) is 0 Å². The van der Waals surface area contributed by atoms with E-state index in [4.69, 9.17) is 0 Å². The molecule has 0 amide bonds. The van der Waals surface area contributed by atoms with E-state index in [-0.39, 0.29) is 0 Å². The zero-order chi connectivity index (χ0) is 32.8. The van der Waals surface area contributed by atoms with Crippen LogP contribution in [0.1, 0.15) is 0 Å². The maximum absolute atomic E-state index is 2.38. The number of benzene rings is 8. The van der Waals surface area contributed by atoms with Gasteiger partial charge in [0, 0.05) is 88.4 Å². The van der Waals surface area contributed by atoms with Gasteiger partial charge in [0.15, 0.2) is 0 Å². The van der Waals surface area contributed by atoms with Gasteiger partial charge in [0.2, 0.25) is 0 Å². The lowest BCUT2D eigenvalue weighted by Gasteiger charge is -2.25. The number of para-hydroxylation sites is 1. The summed E-state index contributed by atoms with van der Waals surface area (Å²) in [6.07, 6.45) is 0. The molecular formula is C46H27NS3. The van der Waals surface area contributed by atoms with Crippen LogP contribution in [0.3, 0.4) is 0 Å². The first-order valence-electron chi connectivity index (χ1n) is 16.8. The monoisotopic (exact) mass is 689 g/mol. The zero-order valence-corrected chi connectivity index (χ0v) is 29.2. The summed E-state index contributed by atoms with van der Waals surface area (Å²) in [5, 5.41) is 10.7. The van der Waals surface area contributed by atoms with Crippen molar-refractivity contribution in [3.05, 3.63) is 164 Å². The average Bonchev–Trinajstić information content (AvgIpc) is 3.86. The Kier molecular flexibility index (Phi) is 6.23. The van der Waals surface area contributed by atoms with Gasteiger partial charge < -0.3 is 4.90 Å². The third-order valence-corrected chi connectivity index (χ3v) is 13.6. The number of thiophene rings is 3. The molecule has 0 spiro atoms. The van der Waals surface area contributed by atoms with Gasteiger partial charge in [-0.15, -0.1) is 34.0 Å². The molecular weight excluding hydrogens is 663 g/mol. The molecule has 11 aromatic rings. The molecule has 0 N–H and O–H groups in total. The zero-order valence-electron chi connectivity index (χ0n) is 26.8. The highest BCUT2D eigenvalue weighted by atomic mass is 32.1. The summed E-state index contributed by atoms with van der Waals surface area (Å²) in [5.41, 5.74) is 5.91. The summed E-state index contributed by atoms with van der Waals surface area (Å²) in [6, 6.07) is 60.4. The molecule has 0 aliphatic rings. The quantitative estimate of drug-likeness (QED) is 0.178. The van der Waals surface area contributed by atoms with E-state index in [0.29, 0.717) is 0 Å². The third-order valence-electron chi connectivity index (χ3n) is 10.1. The molecule has 234 valence electrons. The fourth-order valence-electron chi connectivity index (χ4n) is 7.68. The topological polar surface area (TPSA) is 3.24 Å². The molecule has 0 bridgehead atoms. The maximum Gasteiger partial charge on any atom is 0.0476 e. The Morgan fingerprint density at radius 1 is 0.280 bits per heavy atom. The number of rotatable bonds is 4. The van der Waals surface area contributed by atoms with E-state index in [1.54, 1.807) is 0 Å². The molecule has 0 saturated carbocycles. The molecule has 0 aliphatic carbocycles. The normalized spacial score (nSPS) is 12.0. The molecule has 8 aromatic carbocycles. The lowest BCUT2D eigenvalue weighted by Crippen LogP contribution is -2.09. The first-order chi connectivity index (χ1) is 24.8. The number of hydrogen-bond acceptors (Lipinski definition) is 4. The minimum absolute atomic E-state index is 1.14. The van der Waals surface area contributed by atoms with Crippen LogP contribution < -0.4 is 4.90 Å². The van der Waals surface area contributed by atoms with Crippen LogP contribution in [0.15, 0.2) is 164 Å². The minimum atomic E-state index is 1.14. The summed E-state index contributed by atoms with van der Waals surface area (Å²) < 4.78 is 8.07.